The van der Waals surface area contributed by atoms with E-state index in [0.717, 1.165) is 25.9 Å². The maximum absolute atomic E-state index is 13.2. The van der Waals surface area contributed by atoms with Gasteiger partial charge in [0.1, 0.15) is 5.82 Å². The Morgan fingerprint density at radius 1 is 1.25 bits per heavy atom. The molecule has 1 heterocycles. The second-order valence-corrected chi connectivity index (χ2v) is 5.96. The molecule has 0 saturated carbocycles. The van der Waals surface area contributed by atoms with Crippen LogP contribution in [0.4, 0.5) is 9.52 Å². The molecule has 0 fully saturated rings. The summed E-state index contributed by atoms with van der Waals surface area (Å²) in [4.78, 5) is 4.45. The van der Waals surface area contributed by atoms with Crippen LogP contribution in [0.2, 0.25) is 5.02 Å². The molecule has 0 saturated heterocycles. The van der Waals surface area contributed by atoms with Crippen molar-refractivity contribution in [3.8, 4) is 0 Å². The van der Waals surface area contributed by atoms with Crippen LogP contribution < -0.4 is 5.32 Å². The summed E-state index contributed by atoms with van der Waals surface area (Å²) < 4.78 is 14.0. The van der Waals surface area contributed by atoms with E-state index >= 15 is 0 Å². The van der Waals surface area contributed by atoms with E-state index in [1.807, 2.05) is 31.2 Å². The van der Waals surface area contributed by atoms with Gasteiger partial charge in [0.25, 0.3) is 0 Å². The van der Waals surface area contributed by atoms with Crippen LogP contribution in [0.5, 0.6) is 0 Å². The summed E-state index contributed by atoms with van der Waals surface area (Å²) in [5.74, 6) is -0.244. The third kappa shape index (κ3) is 2.62. The molecule has 102 valence electrons. The van der Waals surface area contributed by atoms with Crippen molar-refractivity contribution in [2.45, 2.75) is 13.0 Å². The minimum absolute atomic E-state index is 0.0362. The third-order valence-corrected chi connectivity index (χ3v) is 4.36. The highest BCUT2D eigenvalue weighted by molar-refractivity contribution is 7.22. The molecule has 0 radical (unpaired) electrons. The van der Waals surface area contributed by atoms with Crippen LogP contribution in [0.1, 0.15) is 18.5 Å². The van der Waals surface area contributed by atoms with Gasteiger partial charge >= 0.3 is 0 Å². The van der Waals surface area contributed by atoms with Crippen LogP contribution in [0, 0.1) is 5.82 Å². The molecule has 0 aliphatic heterocycles. The van der Waals surface area contributed by atoms with E-state index in [1.54, 1.807) is 6.07 Å². The van der Waals surface area contributed by atoms with E-state index in [9.17, 15) is 4.39 Å². The summed E-state index contributed by atoms with van der Waals surface area (Å²) in [6, 6.07) is 12.3. The molecule has 0 spiro atoms. The van der Waals surface area contributed by atoms with Crippen LogP contribution in [0.3, 0.4) is 0 Å². The normalized spacial score (nSPS) is 12.6. The second kappa shape index (κ2) is 5.38. The third-order valence-electron chi connectivity index (χ3n) is 3.06. The summed E-state index contributed by atoms with van der Waals surface area (Å²) in [7, 11) is 0. The van der Waals surface area contributed by atoms with E-state index in [-0.39, 0.29) is 11.9 Å². The van der Waals surface area contributed by atoms with Gasteiger partial charge in [0.15, 0.2) is 5.13 Å². The number of hydrogen-bond acceptors (Lipinski definition) is 3. The van der Waals surface area contributed by atoms with Crippen molar-refractivity contribution in [2.75, 3.05) is 5.32 Å². The van der Waals surface area contributed by atoms with E-state index in [4.69, 9.17) is 11.6 Å². The Labute approximate surface area is 125 Å². The number of halogens is 2. The lowest BCUT2D eigenvalue weighted by Gasteiger charge is -2.14. The molecule has 0 aliphatic carbocycles. The van der Waals surface area contributed by atoms with Crippen LogP contribution in [-0.2, 0) is 0 Å². The number of benzene rings is 2. The fourth-order valence-corrected chi connectivity index (χ4v) is 3.33. The van der Waals surface area contributed by atoms with Gasteiger partial charge in [0.05, 0.1) is 16.3 Å². The van der Waals surface area contributed by atoms with Gasteiger partial charge in [-0.2, -0.15) is 0 Å². The summed E-state index contributed by atoms with van der Waals surface area (Å²) in [6.45, 7) is 2.02. The van der Waals surface area contributed by atoms with Crippen molar-refractivity contribution >= 4 is 38.3 Å². The first-order chi connectivity index (χ1) is 9.63. The van der Waals surface area contributed by atoms with Crippen molar-refractivity contribution in [1.82, 2.24) is 4.98 Å². The van der Waals surface area contributed by atoms with Gasteiger partial charge in [-0.3, -0.25) is 0 Å². The van der Waals surface area contributed by atoms with Crippen LogP contribution in [0.25, 0.3) is 10.2 Å². The van der Waals surface area contributed by atoms with Crippen molar-refractivity contribution in [3.63, 3.8) is 0 Å². The molecular formula is C15H12ClFN2S. The van der Waals surface area contributed by atoms with E-state index in [0.29, 0.717) is 0 Å². The van der Waals surface area contributed by atoms with Crippen LogP contribution >= 0.6 is 22.9 Å². The van der Waals surface area contributed by atoms with Crippen molar-refractivity contribution in [3.05, 3.63) is 58.9 Å². The Morgan fingerprint density at radius 3 is 2.85 bits per heavy atom. The molecule has 1 unspecified atom stereocenters. The quantitative estimate of drug-likeness (QED) is 0.713. The highest BCUT2D eigenvalue weighted by Crippen LogP contribution is 2.31. The van der Waals surface area contributed by atoms with Crippen molar-refractivity contribution < 1.29 is 4.39 Å². The first-order valence-corrected chi connectivity index (χ1v) is 7.40. The Kier molecular flexibility index (Phi) is 3.59. The summed E-state index contributed by atoms with van der Waals surface area (Å²) in [6.07, 6.45) is 0. The lowest BCUT2D eigenvalue weighted by atomic mass is 10.1. The lowest BCUT2D eigenvalue weighted by molar-refractivity contribution is 0.630. The number of nitrogens with zero attached hydrogens (tertiary/aromatic N) is 1. The zero-order valence-electron chi connectivity index (χ0n) is 10.7. The Hall–Kier alpha value is -1.65. The van der Waals surface area contributed by atoms with Gasteiger partial charge in [0, 0.05) is 5.02 Å². The second-order valence-electron chi connectivity index (χ2n) is 4.52. The fourth-order valence-electron chi connectivity index (χ4n) is 2.05. The van der Waals surface area contributed by atoms with Crippen molar-refractivity contribution in [2.24, 2.45) is 0 Å². The first kappa shape index (κ1) is 13.3. The highest BCUT2D eigenvalue weighted by atomic mass is 35.5. The number of aromatic nitrogens is 1. The number of rotatable bonds is 3. The molecule has 3 rings (SSSR count). The molecule has 3 aromatic rings. The zero-order valence-corrected chi connectivity index (χ0v) is 12.3. The summed E-state index contributed by atoms with van der Waals surface area (Å²) >= 11 is 7.61. The average Bonchev–Trinajstić information content (AvgIpc) is 2.80. The fraction of sp³-hybridized carbons (Fsp3) is 0.133. The Balaban J connectivity index is 1.87. The molecule has 5 heteroatoms. The van der Waals surface area contributed by atoms with Gasteiger partial charge < -0.3 is 5.32 Å². The molecule has 1 aromatic heterocycles. The number of anilines is 1. The lowest BCUT2D eigenvalue weighted by Crippen LogP contribution is -2.06. The minimum atomic E-state index is -0.244. The van der Waals surface area contributed by atoms with Gasteiger partial charge in [0.2, 0.25) is 0 Å². The van der Waals surface area contributed by atoms with Gasteiger partial charge in [-0.25, -0.2) is 9.37 Å². The molecule has 0 bridgehead atoms. The van der Waals surface area contributed by atoms with E-state index < -0.39 is 0 Å². The Bertz CT molecular complexity index is 756. The number of fused-ring (bicyclic) bond motifs is 1. The average molecular weight is 307 g/mol. The maximum Gasteiger partial charge on any atom is 0.184 e. The predicted octanol–water partition coefficient (Wildman–Crippen LogP) is 5.26. The van der Waals surface area contributed by atoms with Gasteiger partial charge in [-0.1, -0.05) is 41.1 Å². The smallest absolute Gasteiger partial charge is 0.184 e. The number of hydrogen-bond donors (Lipinski definition) is 1. The van der Waals surface area contributed by atoms with Crippen LogP contribution in [-0.4, -0.2) is 4.98 Å². The molecule has 20 heavy (non-hydrogen) atoms. The Morgan fingerprint density at radius 2 is 2.05 bits per heavy atom. The molecule has 1 N–H and O–H groups in total. The molecular weight excluding hydrogens is 295 g/mol. The van der Waals surface area contributed by atoms with E-state index in [2.05, 4.69) is 10.3 Å². The minimum Gasteiger partial charge on any atom is -0.355 e. The SMILES string of the molecule is CC(Nc1nc2ccc(F)cc2s1)c1ccccc1Cl. The zero-order chi connectivity index (χ0) is 14.1. The van der Waals surface area contributed by atoms with Crippen molar-refractivity contribution in [1.29, 1.82) is 0 Å². The molecule has 2 nitrogen and oxygen atoms in total. The standard InChI is InChI=1S/C15H12ClFN2S/c1-9(11-4-2-3-5-12(11)16)18-15-19-13-7-6-10(17)8-14(13)20-15/h2-9H,1H3,(H,18,19). The molecule has 0 aliphatic rings. The van der Waals surface area contributed by atoms with Gasteiger partial charge in [-0.05, 0) is 36.8 Å². The van der Waals surface area contributed by atoms with E-state index in [1.165, 1.54) is 23.5 Å². The number of nitrogens with one attached hydrogen (secondary N) is 1. The van der Waals surface area contributed by atoms with Gasteiger partial charge in [-0.15, -0.1) is 0 Å². The predicted molar refractivity (Wildman–Crippen MR) is 83.1 cm³/mol. The van der Waals surface area contributed by atoms with Crippen LogP contribution in [0.15, 0.2) is 42.5 Å². The molecule has 0 amide bonds. The first-order valence-electron chi connectivity index (χ1n) is 6.20. The summed E-state index contributed by atoms with van der Waals surface area (Å²) in [5.41, 5.74) is 1.81. The monoisotopic (exact) mass is 306 g/mol. The molecule has 2 aromatic carbocycles. The summed E-state index contributed by atoms with van der Waals surface area (Å²) in [5, 5.41) is 4.79. The topological polar surface area (TPSA) is 24.9 Å². The molecule has 1 atom stereocenters. The largest absolute Gasteiger partial charge is 0.355 e. The number of thiazole rings is 1. The highest BCUT2D eigenvalue weighted by Gasteiger charge is 2.11. The maximum atomic E-state index is 13.2.